The Hall–Kier alpha value is -0.0551. The van der Waals surface area contributed by atoms with Crippen LogP contribution in [0, 0.1) is 0 Å². The SMILES string of the molecule is [B][C@@H]1O[C@]2(COC)CC1OC2C. The lowest BCUT2D eigenvalue weighted by molar-refractivity contribution is -0.171. The molecule has 66 valence electrons. The minimum absolute atomic E-state index is 0.0650. The Morgan fingerprint density at radius 1 is 1.67 bits per heavy atom. The van der Waals surface area contributed by atoms with Crippen molar-refractivity contribution in [3.05, 3.63) is 0 Å². The van der Waals surface area contributed by atoms with E-state index in [0.29, 0.717) is 6.61 Å². The van der Waals surface area contributed by atoms with Crippen molar-refractivity contribution in [2.75, 3.05) is 13.7 Å². The summed E-state index contributed by atoms with van der Waals surface area (Å²) in [5, 5.41) is 0. The number of hydrogen-bond acceptors (Lipinski definition) is 3. The molecule has 2 saturated heterocycles. The van der Waals surface area contributed by atoms with Crippen LogP contribution in [0.4, 0.5) is 0 Å². The third-order valence-electron chi connectivity index (χ3n) is 2.79. The lowest BCUT2D eigenvalue weighted by Crippen LogP contribution is -2.46. The highest BCUT2D eigenvalue weighted by Gasteiger charge is 2.55. The van der Waals surface area contributed by atoms with E-state index in [4.69, 9.17) is 22.1 Å². The first-order valence-corrected chi connectivity index (χ1v) is 4.26. The molecule has 2 unspecified atom stereocenters. The average molecular weight is 168 g/mol. The summed E-state index contributed by atoms with van der Waals surface area (Å²) in [7, 11) is 7.36. The number of ether oxygens (including phenoxy) is 3. The second kappa shape index (κ2) is 2.72. The first-order chi connectivity index (χ1) is 5.68. The molecule has 0 spiro atoms. The normalized spacial score (nSPS) is 51.7. The standard InChI is InChI=1S/C8H13BO3/c1-5-8(4-10-2)3-6(11-5)7(9)12-8/h5-7H,3-4H2,1-2H3/t5?,6?,7-,8+/m1/s1. The van der Waals surface area contributed by atoms with E-state index in [0.717, 1.165) is 6.42 Å². The summed E-state index contributed by atoms with van der Waals surface area (Å²) < 4.78 is 16.3. The second-order valence-corrected chi connectivity index (χ2v) is 3.60. The fourth-order valence-electron chi connectivity index (χ4n) is 2.08. The largest absolute Gasteiger partial charge is 0.382 e. The van der Waals surface area contributed by atoms with E-state index in [1.165, 1.54) is 0 Å². The smallest absolute Gasteiger partial charge is 0.119 e. The van der Waals surface area contributed by atoms with Crippen LogP contribution in [0.25, 0.3) is 0 Å². The molecule has 0 saturated carbocycles. The minimum atomic E-state index is -0.279. The van der Waals surface area contributed by atoms with Crippen LogP contribution >= 0.6 is 0 Å². The Bertz CT molecular complexity index is 183. The molecule has 2 aliphatic heterocycles. The Morgan fingerprint density at radius 3 is 2.92 bits per heavy atom. The molecule has 0 N–H and O–H groups in total. The van der Waals surface area contributed by atoms with Crippen LogP contribution in [0.3, 0.4) is 0 Å². The molecule has 4 heteroatoms. The fraction of sp³-hybridized carbons (Fsp3) is 1.00. The minimum Gasteiger partial charge on any atom is -0.382 e. The Kier molecular flexibility index (Phi) is 1.94. The van der Waals surface area contributed by atoms with Gasteiger partial charge in [-0.1, -0.05) is 0 Å². The third-order valence-corrected chi connectivity index (χ3v) is 2.79. The zero-order chi connectivity index (χ0) is 8.77. The first kappa shape index (κ1) is 8.54. The predicted octanol–water partition coefficient (Wildman–Crippen LogP) is 0.0738. The molecule has 2 heterocycles. The van der Waals surface area contributed by atoms with Gasteiger partial charge in [0.1, 0.15) is 13.4 Å². The van der Waals surface area contributed by atoms with E-state index < -0.39 is 0 Å². The molecule has 2 aliphatic rings. The predicted molar refractivity (Wildman–Crippen MR) is 44.2 cm³/mol. The van der Waals surface area contributed by atoms with Crippen molar-refractivity contribution in [3.63, 3.8) is 0 Å². The molecule has 2 bridgehead atoms. The molecule has 12 heavy (non-hydrogen) atoms. The van der Waals surface area contributed by atoms with Crippen LogP contribution in [0.15, 0.2) is 0 Å². The van der Waals surface area contributed by atoms with Gasteiger partial charge < -0.3 is 14.2 Å². The number of hydrogen-bond donors (Lipinski definition) is 0. The van der Waals surface area contributed by atoms with Gasteiger partial charge in [0.15, 0.2) is 0 Å². The van der Waals surface area contributed by atoms with Gasteiger partial charge in [-0.15, -0.1) is 0 Å². The molecule has 0 aliphatic carbocycles. The van der Waals surface area contributed by atoms with E-state index in [2.05, 4.69) is 0 Å². The third kappa shape index (κ3) is 1.02. The Morgan fingerprint density at radius 2 is 2.42 bits per heavy atom. The van der Waals surface area contributed by atoms with Crippen molar-refractivity contribution in [2.24, 2.45) is 0 Å². The van der Waals surface area contributed by atoms with Crippen molar-refractivity contribution in [2.45, 2.75) is 37.2 Å². The molecule has 2 rings (SSSR count). The monoisotopic (exact) mass is 168 g/mol. The van der Waals surface area contributed by atoms with Gasteiger partial charge in [0, 0.05) is 19.5 Å². The Balaban J connectivity index is 2.13. The molecule has 0 aromatic heterocycles. The summed E-state index contributed by atoms with van der Waals surface area (Å²) in [6.07, 6.45) is 1.03. The molecule has 0 aromatic rings. The molecule has 0 amide bonds. The van der Waals surface area contributed by atoms with Gasteiger partial charge in [0.05, 0.1) is 18.8 Å². The summed E-state index contributed by atoms with van der Waals surface area (Å²) in [6.45, 7) is 2.57. The van der Waals surface area contributed by atoms with Crippen molar-refractivity contribution in [3.8, 4) is 0 Å². The Labute approximate surface area is 73.8 Å². The zero-order valence-corrected chi connectivity index (χ0v) is 7.45. The summed E-state index contributed by atoms with van der Waals surface area (Å²) in [5.41, 5.74) is -0.279. The van der Waals surface area contributed by atoms with Crippen molar-refractivity contribution >= 4 is 7.85 Å². The number of rotatable bonds is 2. The van der Waals surface area contributed by atoms with E-state index in [1.807, 2.05) is 6.92 Å². The van der Waals surface area contributed by atoms with E-state index >= 15 is 0 Å². The van der Waals surface area contributed by atoms with Gasteiger partial charge >= 0.3 is 0 Å². The van der Waals surface area contributed by atoms with Gasteiger partial charge in [0.25, 0.3) is 0 Å². The highest BCUT2D eigenvalue weighted by atomic mass is 16.6. The molecule has 2 radical (unpaired) electrons. The van der Waals surface area contributed by atoms with Gasteiger partial charge in [-0.25, -0.2) is 0 Å². The topological polar surface area (TPSA) is 27.7 Å². The van der Waals surface area contributed by atoms with Crippen LogP contribution in [-0.4, -0.2) is 45.4 Å². The summed E-state index contributed by atoms with van der Waals surface area (Å²) in [5.74, 6) is 0. The highest BCUT2D eigenvalue weighted by Crippen LogP contribution is 2.43. The lowest BCUT2D eigenvalue weighted by atomic mass is 9.93. The summed E-state index contributed by atoms with van der Waals surface area (Å²) in [4.78, 5) is 0. The molecule has 4 atom stereocenters. The highest BCUT2D eigenvalue weighted by molar-refractivity contribution is 6.11. The van der Waals surface area contributed by atoms with E-state index in [-0.39, 0.29) is 23.8 Å². The number of methoxy groups -OCH3 is 1. The van der Waals surface area contributed by atoms with Crippen molar-refractivity contribution in [1.29, 1.82) is 0 Å². The molecular weight excluding hydrogens is 155 g/mol. The molecule has 0 aromatic carbocycles. The van der Waals surface area contributed by atoms with Crippen LogP contribution < -0.4 is 0 Å². The average Bonchev–Trinajstić information content (AvgIpc) is 2.43. The van der Waals surface area contributed by atoms with Gasteiger partial charge in [-0.3, -0.25) is 0 Å². The van der Waals surface area contributed by atoms with Gasteiger partial charge in [0.2, 0.25) is 0 Å². The van der Waals surface area contributed by atoms with Crippen molar-refractivity contribution < 1.29 is 14.2 Å². The zero-order valence-electron chi connectivity index (χ0n) is 7.45. The van der Waals surface area contributed by atoms with E-state index in [1.54, 1.807) is 7.11 Å². The summed E-state index contributed by atoms with van der Waals surface area (Å²) >= 11 is 0. The maximum absolute atomic E-state index is 5.69. The second-order valence-electron chi connectivity index (χ2n) is 3.60. The quantitative estimate of drug-likeness (QED) is 0.546. The molecular formula is C8H13BO3. The first-order valence-electron chi connectivity index (χ1n) is 4.26. The van der Waals surface area contributed by atoms with Gasteiger partial charge in [-0.05, 0) is 6.92 Å². The van der Waals surface area contributed by atoms with Crippen LogP contribution in [0.2, 0.25) is 0 Å². The molecule has 3 nitrogen and oxygen atoms in total. The summed E-state index contributed by atoms with van der Waals surface area (Å²) in [6, 6.07) is -0.267. The maximum atomic E-state index is 5.69. The van der Waals surface area contributed by atoms with Crippen LogP contribution in [-0.2, 0) is 14.2 Å². The maximum Gasteiger partial charge on any atom is 0.119 e. The van der Waals surface area contributed by atoms with Crippen molar-refractivity contribution in [1.82, 2.24) is 0 Å². The number of fused-ring (bicyclic) bond motifs is 2. The molecule has 2 fully saturated rings. The van der Waals surface area contributed by atoms with Crippen LogP contribution in [0.1, 0.15) is 13.3 Å². The lowest BCUT2D eigenvalue weighted by Gasteiger charge is -2.34. The van der Waals surface area contributed by atoms with E-state index in [9.17, 15) is 0 Å². The fourth-order valence-corrected chi connectivity index (χ4v) is 2.08. The van der Waals surface area contributed by atoms with Gasteiger partial charge in [-0.2, -0.15) is 0 Å². The van der Waals surface area contributed by atoms with Crippen LogP contribution in [0.5, 0.6) is 0 Å².